The number of aromatic nitrogens is 1. The molecule has 2 N–H and O–H groups in total. The Labute approximate surface area is 240 Å². The number of aliphatic imine (C=N–C) groups is 1. The first kappa shape index (κ1) is 26.1. The molecule has 0 unspecified atom stereocenters. The fourth-order valence-corrected chi connectivity index (χ4v) is 5.41. The number of fused-ring (bicyclic) bond motifs is 2. The Balaban J connectivity index is 1.37. The maximum Gasteiger partial charge on any atom is 0.259 e. The van der Waals surface area contributed by atoms with Crippen LogP contribution in [0.2, 0.25) is 0 Å². The molecule has 2 heterocycles. The van der Waals surface area contributed by atoms with Gasteiger partial charge in [-0.2, -0.15) is 0 Å². The van der Waals surface area contributed by atoms with Crippen LogP contribution in [0.4, 0.5) is 16.5 Å². The number of amides is 1. The number of hydrogen-bond donors (Lipinski definition) is 2. The van der Waals surface area contributed by atoms with Crippen LogP contribution < -0.4 is 15.0 Å². The third-order valence-electron chi connectivity index (χ3n) is 6.72. The van der Waals surface area contributed by atoms with Crippen molar-refractivity contribution in [1.82, 2.24) is 4.98 Å². The topological polar surface area (TPSA) is 112 Å². The van der Waals surface area contributed by atoms with Crippen molar-refractivity contribution in [1.29, 1.82) is 0 Å². The van der Waals surface area contributed by atoms with Gasteiger partial charge >= 0.3 is 0 Å². The summed E-state index contributed by atoms with van der Waals surface area (Å²) >= 11 is 1.53. The quantitative estimate of drug-likeness (QED) is 0.206. The zero-order valence-corrected chi connectivity index (χ0v) is 23.2. The van der Waals surface area contributed by atoms with Crippen molar-refractivity contribution >= 4 is 60.7 Å². The highest BCUT2D eigenvalue weighted by atomic mass is 32.1. The molecule has 1 amide bonds. The van der Waals surface area contributed by atoms with Crippen LogP contribution in [0.5, 0.6) is 11.5 Å². The first-order valence-corrected chi connectivity index (χ1v) is 13.9. The molecule has 0 fully saturated rings. The second-order valence-corrected chi connectivity index (χ2v) is 10.3. The van der Waals surface area contributed by atoms with E-state index >= 15 is 0 Å². The number of methoxy groups -OCH3 is 1. The number of rotatable bonds is 6. The summed E-state index contributed by atoms with van der Waals surface area (Å²) in [7, 11) is 1.58. The zero-order chi connectivity index (χ0) is 28.3. The largest absolute Gasteiger partial charge is 0.505 e. The van der Waals surface area contributed by atoms with Crippen molar-refractivity contribution in [2.24, 2.45) is 15.2 Å². The predicted octanol–water partition coefficient (Wildman–Crippen LogP) is 7.67. The highest BCUT2D eigenvalue weighted by molar-refractivity contribution is 7.22. The van der Waals surface area contributed by atoms with Gasteiger partial charge in [-0.15, -0.1) is 10.2 Å². The van der Waals surface area contributed by atoms with E-state index in [1.54, 1.807) is 37.4 Å². The van der Waals surface area contributed by atoms with Gasteiger partial charge in [0.25, 0.3) is 11.9 Å². The smallest absolute Gasteiger partial charge is 0.259 e. The second-order valence-electron chi connectivity index (χ2n) is 9.32. The molecule has 5 aromatic rings. The number of nitrogens with one attached hydrogen (secondary N) is 1. The average molecular weight is 563 g/mol. The van der Waals surface area contributed by atoms with E-state index in [2.05, 4.69) is 27.5 Å². The summed E-state index contributed by atoms with van der Waals surface area (Å²) in [6, 6.07) is 23.9. The van der Waals surface area contributed by atoms with Gasteiger partial charge in [0.15, 0.2) is 10.9 Å². The standard InChI is InChI=1S/C31H26N6O3S/c1-3-19-17-32-30(37(18-19)31-34-25-10-6-7-11-26(25)41-31)36-35-27-23-9-5-4-8-20(23)16-24(28(27)38)29(39)33-21-12-14-22(40-2)15-13-21/h4-16,18,38H,3,17H2,1-2H3,(H,33,39). The summed E-state index contributed by atoms with van der Waals surface area (Å²) in [6.45, 7) is 2.57. The molecule has 1 aromatic heterocycles. The molecule has 10 heteroatoms. The lowest BCUT2D eigenvalue weighted by atomic mass is 10.0. The number of ether oxygens (including phenoxy) is 1. The maximum absolute atomic E-state index is 13.3. The molecule has 0 radical (unpaired) electrons. The van der Waals surface area contributed by atoms with E-state index in [4.69, 9.17) is 9.72 Å². The number of thiazole rings is 1. The maximum atomic E-state index is 13.3. The number of carbonyl (C=O) groups is 1. The minimum atomic E-state index is -0.475. The molecule has 1 aliphatic heterocycles. The molecule has 0 saturated carbocycles. The van der Waals surface area contributed by atoms with Crippen LogP contribution in [0.15, 0.2) is 106 Å². The number of azo groups is 1. The molecule has 0 bridgehead atoms. The Hall–Kier alpha value is -5.09. The lowest BCUT2D eigenvalue weighted by Gasteiger charge is -2.21. The zero-order valence-electron chi connectivity index (χ0n) is 22.4. The first-order valence-electron chi connectivity index (χ1n) is 13.0. The van der Waals surface area contributed by atoms with Gasteiger partial charge in [0.05, 0.1) is 29.4 Å². The van der Waals surface area contributed by atoms with E-state index in [9.17, 15) is 9.90 Å². The fourth-order valence-electron chi connectivity index (χ4n) is 4.48. The molecule has 41 heavy (non-hydrogen) atoms. The van der Waals surface area contributed by atoms with Gasteiger partial charge in [0.2, 0.25) is 0 Å². The number of phenolic OH excluding ortho intramolecular Hbond substituents is 1. The van der Waals surface area contributed by atoms with Crippen LogP contribution in [0, 0.1) is 0 Å². The van der Waals surface area contributed by atoms with Crippen molar-refractivity contribution < 1.29 is 14.6 Å². The molecule has 0 spiro atoms. The molecular weight excluding hydrogens is 536 g/mol. The molecule has 4 aromatic carbocycles. The van der Waals surface area contributed by atoms with Crippen molar-refractivity contribution in [3.05, 3.63) is 96.2 Å². The number of hydrogen-bond acceptors (Lipinski definition) is 9. The normalized spacial score (nSPS) is 13.5. The van der Waals surface area contributed by atoms with Crippen LogP contribution >= 0.6 is 11.3 Å². The SMILES string of the molecule is CCC1=CN(c2nc3ccccc3s2)C(N=Nc2c(O)c(C(=O)Nc3ccc(OC)cc3)cc3ccccc23)=NC1. The molecule has 204 valence electrons. The Morgan fingerprint density at radius 2 is 1.85 bits per heavy atom. The number of para-hydroxylation sites is 1. The first-order chi connectivity index (χ1) is 20.0. The third kappa shape index (κ3) is 5.24. The molecule has 6 rings (SSSR count). The number of carbonyl (C=O) groups excluding carboxylic acids is 1. The molecular formula is C31H26N6O3S. The van der Waals surface area contributed by atoms with Crippen molar-refractivity contribution in [2.75, 3.05) is 23.9 Å². The summed E-state index contributed by atoms with van der Waals surface area (Å²) in [5.41, 5.74) is 2.84. The van der Waals surface area contributed by atoms with Crippen LogP contribution in [0.1, 0.15) is 23.7 Å². The number of phenols is 1. The van der Waals surface area contributed by atoms with E-state index in [0.29, 0.717) is 29.3 Å². The minimum Gasteiger partial charge on any atom is -0.505 e. The van der Waals surface area contributed by atoms with Crippen LogP contribution in [-0.4, -0.2) is 35.6 Å². The summed E-state index contributed by atoms with van der Waals surface area (Å²) in [5.74, 6) is 0.270. The monoisotopic (exact) mass is 562 g/mol. The van der Waals surface area contributed by atoms with E-state index in [1.165, 1.54) is 11.3 Å². The molecule has 0 aliphatic carbocycles. The Morgan fingerprint density at radius 1 is 1.07 bits per heavy atom. The number of guanidine groups is 1. The van der Waals surface area contributed by atoms with Crippen molar-refractivity contribution in [3.8, 4) is 11.5 Å². The summed E-state index contributed by atoms with van der Waals surface area (Å²) in [4.78, 5) is 24.5. The van der Waals surface area contributed by atoms with Crippen LogP contribution in [0.25, 0.3) is 21.0 Å². The van der Waals surface area contributed by atoms with Crippen LogP contribution in [0.3, 0.4) is 0 Å². The molecule has 1 aliphatic rings. The van der Waals surface area contributed by atoms with Gasteiger partial charge in [0, 0.05) is 17.3 Å². The predicted molar refractivity (Wildman–Crippen MR) is 164 cm³/mol. The van der Waals surface area contributed by atoms with Gasteiger partial charge in [-0.3, -0.25) is 9.69 Å². The number of nitrogens with zero attached hydrogens (tertiary/aromatic N) is 5. The summed E-state index contributed by atoms with van der Waals surface area (Å²) < 4.78 is 6.24. The van der Waals surface area contributed by atoms with Gasteiger partial charge in [-0.05, 0) is 59.8 Å². The summed E-state index contributed by atoms with van der Waals surface area (Å²) in [6.07, 6.45) is 2.84. The minimum absolute atomic E-state index is 0.0789. The van der Waals surface area contributed by atoms with Gasteiger partial charge in [-0.1, -0.05) is 54.7 Å². The number of aromatic hydroxyl groups is 1. The van der Waals surface area contributed by atoms with Gasteiger partial charge in [0.1, 0.15) is 11.4 Å². The van der Waals surface area contributed by atoms with E-state index in [1.807, 2.05) is 59.6 Å². The number of anilines is 2. The van der Waals surface area contributed by atoms with Gasteiger partial charge < -0.3 is 15.2 Å². The van der Waals surface area contributed by atoms with Crippen molar-refractivity contribution in [2.45, 2.75) is 13.3 Å². The second kappa shape index (κ2) is 11.2. The highest BCUT2D eigenvalue weighted by Gasteiger charge is 2.22. The van der Waals surface area contributed by atoms with E-state index < -0.39 is 5.91 Å². The molecule has 0 saturated heterocycles. The van der Waals surface area contributed by atoms with Crippen molar-refractivity contribution in [3.63, 3.8) is 0 Å². The van der Waals surface area contributed by atoms with Gasteiger partial charge in [-0.25, -0.2) is 9.98 Å². The third-order valence-corrected chi connectivity index (χ3v) is 7.76. The molecule has 9 nitrogen and oxygen atoms in total. The number of benzene rings is 4. The average Bonchev–Trinajstić information content (AvgIpc) is 3.45. The molecule has 0 atom stereocenters. The summed E-state index contributed by atoms with van der Waals surface area (Å²) in [5, 5.41) is 25.2. The highest BCUT2D eigenvalue weighted by Crippen LogP contribution is 2.39. The lowest BCUT2D eigenvalue weighted by Crippen LogP contribution is -2.27. The Morgan fingerprint density at radius 3 is 2.63 bits per heavy atom. The van der Waals surface area contributed by atoms with E-state index in [-0.39, 0.29) is 17.0 Å². The fraction of sp³-hybridized carbons (Fsp3) is 0.129. The Kier molecular flexibility index (Phi) is 7.13. The lowest BCUT2D eigenvalue weighted by molar-refractivity contribution is 0.102. The van der Waals surface area contributed by atoms with E-state index in [0.717, 1.165) is 32.7 Å². The van der Waals surface area contributed by atoms with Crippen LogP contribution in [-0.2, 0) is 0 Å². The Bertz CT molecular complexity index is 1830.